The van der Waals surface area contributed by atoms with E-state index in [-0.39, 0.29) is 47.7 Å². The summed E-state index contributed by atoms with van der Waals surface area (Å²) in [5.74, 6) is -0.451. The van der Waals surface area contributed by atoms with Crippen LogP contribution < -0.4 is 31.7 Å². The van der Waals surface area contributed by atoms with E-state index in [9.17, 15) is 23.2 Å². The van der Waals surface area contributed by atoms with Gasteiger partial charge >= 0.3 is 0 Å². The predicted molar refractivity (Wildman–Crippen MR) is 166 cm³/mol. The summed E-state index contributed by atoms with van der Waals surface area (Å²) in [7, 11) is 5.88. The Bertz CT molecular complexity index is 1600. The third kappa shape index (κ3) is 7.79. The van der Waals surface area contributed by atoms with Crippen molar-refractivity contribution in [2.75, 3.05) is 52.0 Å². The number of aromatic nitrogens is 2. The molecule has 2 aromatic rings. The molecule has 1 aromatic carbocycles. The third-order valence-electron chi connectivity index (χ3n) is 7.07. The number of halogens is 2. The summed E-state index contributed by atoms with van der Waals surface area (Å²) in [4.78, 5) is 42.9. The Kier molecular flexibility index (Phi) is 10.4. The van der Waals surface area contributed by atoms with Gasteiger partial charge in [0.1, 0.15) is 11.4 Å². The van der Waals surface area contributed by atoms with Gasteiger partial charge < -0.3 is 36.6 Å². The molecule has 6 N–H and O–H groups in total. The van der Waals surface area contributed by atoms with E-state index < -0.39 is 23.9 Å². The highest BCUT2D eigenvalue weighted by Gasteiger charge is 2.30. The number of nitrogens with one attached hydrogen (secondary N) is 4. The Morgan fingerprint density at radius 3 is 2.58 bits per heavy atom. The average Bonchev–Trinajstić information content (AvgIpc) is 3.89. The fraction of sp³-hybridized carbons (Fsp3) is 0.333. The molecule has 1 aliphatic heterocycles. The summed E-state index contributed by atoms with van der Waals surface area (Å²) in [5, 5.41) is 19.6. The number of benzene rings is 1. The van der Waals surface area contributed by atoms with Gasteiger partial charge in [-0.1, -0.05) is 18.2 Å². The minimum absolute atomic E-state index is 0.0154. The predicted octanol–water partition coefficient (Wildman–Crippen LogP) is 2.44. The molecule has 4 rings (SSSR count). The number of nitrogens with two attached hydrogens (primary N) is 1. The summed E-state index contributed by atoms with van der Waals surface area (Å²) in [6.07, 6.45) is 3.33. The number of allylic oxidation sites excluding steroid dienone is 3. The molecule has 0 radical (unpaired) electrons. The van der Waals surface area contributed by atoms with Crippen LogP contribution in [0.3, 0.4) is 0 Å². The summed E-state index contributed by atoms with van der Waals surface area (Å²) in [5.41, 5.74) is 7.49. The van der Waals surface area contributed by atoms with Crippen LogP contribution >= 0.6 is 0 Å². The number of rotatable bonds is 12. The lowest BCUT2D eigenvalue weighted by atomic mass is 10.0. The number of alkyl halides is 2. The van der Waals surface area contributed by atoms with Gasteiger partial charge in [-0.05, 0) is 30.6 Å². The van der Waals surface area contributed by atoms with Gasteiger partial charge in [0, 0.05) is 63.6 Å². The van der Waals surface area contributed by atoms with Gasteiger partial charge in [-0.3, -0.25) is 19.4 Å². The largest absolute Gasteiger partial charge is 0.494 e. The van der Waals surface area contributed by atoms with E-state index in [1.54, 1.807) is 24.3 Å². The number of ether oxygens (including phenoxy) is 1. The van der Waals surface area contributed by atoms with Gasteiger partial charge in [0.05, 0.1) is 24.2 Å². The first-order valence-electron chi connectivity index (χ1n) is 14.0. The molecule has 1 aliphatic carbocycles. The molecule has 238 valence electrons. The number of methoxy groups -OCH3 is 1. The van der Waals surface area contributed by atoms with Crippen LogP contribution in [-0.2, 0) is 9.59 Å². The van der Waals surface area contributed by atoms with Crippen molar-refractivity contribution < 1.29 is 27.9 Å². The first-order chi connectivity index (χ1) is 21.6. The molecule has 13 nitrogen and oxygen atoms in total. The van der Waals surface area contributed by atoms with E-state index in [1.165, 1.54) is 45.4 Å². The van der Waals surface area contributed by atoms with Crippen molar-refractivity contribution in [3.05, 3.63) is 64.6 Å². The number of anilines is 3. The minimum atomic E-state index is -2.88. The quantitative estimate of drug-likeness (QED) is 0.222. The van der Waals surface area contributed by atoms with Gasteiger partial charge in [-0.2, -0.15) is 0 Å². The molecule has 0 saturated heterocycles. The number of carbonyl (C=O) groups is 3. The van der Waals surface area contributed by atoms with Gasteiger partial charge in [-0.15, -0.1) is 10.2 Å². The fourth-order valence-electron chi connectivity index (χ4n) is 4.52. The van der Waals surface area contributed by atoms with Crippen LogP contribution in [0.2, 0.25) is 0 Å². The second-order valence-corrected chi connectivity index (χ2v) is 10.3. The Labute approximate surface area is 258 Å². The summed E-state index contributed by atoms with van der Waals surface area (Å²) < 4.78 is 32.1. The van der Waals surface area contributed by atoms with E-state index in [0.29, 0.717) is 22.7 Å². The fourth-order valence-corrected chi connectivity index (χ4v) is 4.52. The van der Waals surface area contributed by atoms with Crippen molar-refractivity contribution in [3.63, 3.8) is 0 Å². The smallest absolute Gasteiger partial charge is 0.278 e. The molecule has 2 aliphatic rings. The van der Waals surface area contributed by atoms with Crippen LogP contribution in [0.4, 0.5) is 26.0 Å². The van der Waals surface area contributed by atoms with Crippen LogP contribution in [0, 0.1) is 5.92 Å². The number of amides is 3. The molecule has 1 fully saturated rings. The van der Waals surface area contributed by atoms with Crippen molar-refractivity contribution in [1.29, 1.82) is 0 Å². The standard InChI is InChI=1S/C30H35F2N9O4/c1-34-13-18(24(33)27(31)32)15-41(3)30(44)21-11-10-17(14-36-21)19-6-5-7-20(26(19)45-4)37-22-12-23(38-28(42)16-8-9-16)39-40-25(22)29(43)35-2/h5-7,10-13,16,27,36H,8-9,14-15,33H2,1-4H3,(H,35,43)(H2,37,38,39,42)/b24-18+,34-13?. The van der Waals surface area contributed by atoms with Crippen LogP contribution in [0.25, 0.3) is 5.57 Å². The number of aliphatic imine (C=N–C) groups is 1. The normalized spacial score (nSPS) is 15.0. The topological polar surface area (TPSA) is 176 Å². The highest BCUT2D eigenvalue weighted by atomic mass is 19.3. The number of nitrogens with zero attached hydrogens (tertiary/aromatic N) is 4. The number of hydrogen-bond acceptors (Lipinski definition) is 10. The number of para-hydroxylation sites is 1. The van der Waals surface area contributed by atoms with E-state index in [4.69, 9.17) is 10.5 Å². The molecule has 1 aromatic heterocycles. The molecular weight excluding hydrogens is 588 g/mol. The zero-order chi connectivity index (χ0) is 32.7. The average molecular weight is 624 g/mol. The summed E-state index contributed by atoms with van der Waals surface area (Å²) in [6, 6.07) is 6.92. The molecule has 0 unspecified atom stereocenters. The van der Waals surface area contributed by atoms with Crippen molar-refractivity contribution in [2.24, 2.45) is 16.6 Å². The Balaban J connectivity index is 1.58. The Morgan fingerprint density at radius 1 is 1.22 bits per heavy atom. The molecule has 3 amide bonds. The van der Waals surface area contributed by atoms with Gasteiger partial charge in [0.2, 0.25) is 5.91 Å². The third-order valence-corrected chi connectivity index (χ3v) is 7.07. The Morgan fingerprint density at radius 2 is 1.98 bits per heavy atom. The highest BCUT2D eigenvalue weighted by Crippen LogP contribution is 2.37. The monoisotopic (exact) mass is 623 g/mol. The zero-order valence-corrected chi connectivity index (χ0v) is 25.3. The maximum Gasteiger partial charge on any atom is 0.278 e. The lowest BCUT2D eigenvalue weighted by Gasteiger charge is -2.24. The molecule has 0 atom stereocenters. The lowest BCUT2D eigenvalue weighted by Crippen LogP contribution is -2.37. The van der Waals surface area contributed by atoms with Gasteiger partial charge in [0.25, 0.3) is 18.2 Å². The maximum atomic E-state index is 13.2. The number of carbonyl (C=O) groups excluding carboxylic acids is 3. The van der Waals surface area contributed by atoms with E-state index >= 15 is 0 Å². The molecule has 2 heterocycles. The SMILES string of the molecule is CN=C/C(CN(C)C(=O)C1=CC=C(c2cccc(Nc3cc(NC(=O)C4CC4)nnc3C(=O)NC)c2OC)CN1)=C(\N)C(F)F. The van der Waals surface area contributed by atoms with Crippen LogP contribution in [0.1, 0.15) is 28.9 Å². The van der Waals surface area contributed by atoms with E-state index in [2.05, 4.69) is 36.5 Å². The molecule has 0 bridgehead atoms. The van der Waals surface area contributed by atoms with Gasteiger partial charge in [-0.25, -0.2) is 8.78 Å². The van der Waals surface area contributed by atoms with E-state index in [1.807, 2.05) is 6.07 Å². The molecular formula is C30H35F2N9O4. The molecule has 1 saturated carbocycles. The van der Waals surface area contributed by atoms with Crippen molar-refractivity contribution in [3.8, 4) is 5.75 Å². The van der Waals surface area contributed by atoms with Crippen LogP contribution in [-0.4, -0.2) is 86.8 Å². The molecule has 15 heteroatoms. The summed E-state index contributed by atoms with van der Waals surface area (Å²) >= 11 is 0. The second-order valence-electron chi connectivity index (χ2n) is 10.3. The van der Waals surface area contributed by atoms with E-state index in [0.717, 1.165) is 18.4 Å². The Hall–Kier alpha value is -5.34. The van der Waals surface area contributed by atoms with Crippen molar-refractivity contribution >= 4 is 46.7 Å². The lowest BCUT2D eigenvalue weighted by molar-refractivity contribution is -0.125. The second kappa shape index (κ2) is 14.4. The maximum absolute atomic E-state index is 13.2. The highest BCUT2D eigenvalue weighted by molar-refractivity contribution is 6.00. The summed E-state index contributed by atoms with van der Waals surface area (Å²) in [6.45, 7) is 0.0958. The zero-order valence-electron chi connectivity index (χ0n) is 25.3. The number of likely N-dealkylation sites (N-methyl/N-ethyl adjacent to an activating group) is 1. The molecule has 0 spiro atoms. The minimum Gasteiger partial charge on any atom is -0.494 e. The first kappa shape index (κ1) is 32.6. The van der Waals surface area contributed by atoms with Crippen molar-refractivity contribution in [2.45, 2.75) is 19.3 Å². The van der Waals surface area contributed by atoms with Crippen molar-refractivity contribution in [1.82, 2.24) is 25.7 Å². The first-order valence-corrected chi connectivity index (χ1v) is 14.0. The van der Waals surface area contributed by atoms with Gasteiger partial charge in [0.15, 0.2) is 11.5 Å². The van der Waals surface area contributed by atoms with Crippen LogP contribution in [0.15, 0.2) is 58.4 Å². The number of dihydropyridines is 1. The molecule has 45 heavy (non-hydrogen) atoms. The number of hydrogen-bond donors (Lipinski definition) is 5. The van der Waals surface area contributed by atoms with Crippen LogP contribution in [0.5, 0.6) is 5.75 Å².